The van der Waals surface area contributed by atoms with Gasteiger partial charge < -0.3 is 15.0 Å². The zero-order chi connectivity index (χ0) is 13.7. The molecular formula is C16H26N2O. The third-order valence-electron chi connectivity index (χ3n) is 3.75. The first-order chi connectivity index (χ1) is 9.09. The van der Waals surface area contributed by atoms with Crippen LogP contribution in [-0.4, -0.2) is 43.7 Å². The lowest BCUT2D eigenvalue weighted by atomic mass is 10.1. The molecule has 106 valence electrons. The highest BCUT2D eigenvalue weighted by Crippen LogP contribution is 2.14. The first-order valence-corrected chi connectivity index (χ1v) is 7.19. The molecule has 1 aromatic rings. The maximum Gasteiger partial charge on any atom is 0.118 e. The quantitative estimate of drug-likeness (QED) is 0.901. The Morgan fingerprint density at radius 2 is 2.00 bits per heavy atom. The van der Waals surface area contributed by atoms with Gasteiger partial charge >= 0.3 is 0 Å². The second kappa shape index (κ2) is 6.40. The average Bonchev–Trinajstić information content (AvgIpc) is 2.57. The zero-order valence-electron chi connectivity index (χ0n) is 12.4. The van der Waals surface area contributed by atoms with E-state index in [4.69, 9.17) is 4.74 Å². The Morgan fingerprint density at radius 1 is 1.26 bits per heavy atom. The minimum atomic E-state index is 0.233. The largest absolute Gasteiger partial charge is 0.497 e. The molecule has 0 unspecified atom stereocenters. The van der Waals surface area contributed by atoms with Crippen LogP contribution in [0.4, 0.5) is 0 Å². The van der Waals surface area contributed by atoms with Crippen molar-refractivity contribution in [1.29, 1.82) is 0 Å². The summed E-state index contributed by atoms with van der Waals surface area (Å²) in [5, 5.41) is 3.61. The number of hydrogen-bond acceptors (Lipinski definition) is 3. The van der Waals surface area contributed by atoms with E-state index in [9.17, 15) is 0 Å². The van der Waals surface area contributed by atoms with E-state index in [0.29, 0.717) is 0 Å². The normalized spacial score (nSPS) is 19.9. The summed E-state index contributed by atoms with van der Waals surface area (Å²) in [6.07, 6.45) is 2.35. The van der Waals surface area contributed by atoms with Gasteiger partial charge in [0.2, 0.25) is 0 Å². The highest BCUT2D eigenvalue weighted by atomic mass is 16.5. The van der Waals surface area contributed by atoms with Crippen molar-refractivity contribution >= 4 is 0 Å². The standard InChI is InChI=1S/C16H26N2O/c1-16(2)13-18(11-4-10-17-16)12-9-14-5-7-15(19-3)8-6-14/h5-8,17H,4,9-13H2,1-3H3. The van der Waals surface area contributed by atoms with Crippen molar-refractivity contribution in [2.24, 2.45) is 0 Å². The monoisotopic (exact) mass is 262 g/mol. The smallest absolute Gasteiger partial charge is 0.118 e. The van der Waals surface area contributed by atoms with E-state index in [0.717, 1.165) is 31.8 Å². The van der Waals surface area contributed by atoms with Crippen LogP contribution in [0.2, 0.25) is 0 Å². The molecule has 0 aromatic heterocycles. The molecule has 1 saturated heterocycles. The van der Waals surface area contributed by atoms with Gasteiger partial charge in [0.05, 0.1) is 7.11 Å². The van der Waals surface area contributed by atoms with Crippen molar-refractivity contribution in [2.45, 2.75) is 32.2 Å². The Bertz CT molecular complexity index is 386. The van der Waals surface area contributed by atoms with E-state index in [1.165, 1.54) is 18.5 Å². The van der Waals surface area contributed by atoms with Gasteiger partial charge in [-0.05, 0) is 57.5 Å². The lowest BCUT2D eigenvalue weighted by Gasteiger charge is -2.30. The van der Waals surface area contributed by atoms with Gasteiger partial charge in [0, 0.05) is 18.6 Å². The van der Waals surface area contributed by atoms with Gasteiger partial charge in [-0.2, -0.15) is 0 Å². The molecule has 1 N–H and O–H groups in total. The van der Waals surface area contributed by atoms with Gasteiger partial charge in [-0.1, -0.05) is 12.1 Å². The van der Waals surface area contributed by atoms with Gasteiger partial charge in [0.15, 0.2) is 0 Å². The van der Waals surface area contributed by atoms with Crippen LogP contribution in [0.25, 0.3) is 0 Å². The van der Waals surface area contributed by atoms with Crippen molar-refractivity contribution in [3.8, 4) is 5.75 Å². The van der Waals surface area contributed by atoms with Crippen LogP contribution in [0, 0.1) is 0 Å². The molecule has 3 heteroatoms. The van der Waals surface area contributed by atoms with Gasteiger partial charge in [0.25, 0.3) is 0 Å². The predicted molar refractivity (Wildman–Crippen MR) is 79.8 cm³/mol. The molecular weight excluding hydrogens is 236 g/mol. The van der Waals surface area contributed by atoms with E-state index in [-0.39, 0.29) is 5.54 Å². The first kappa shape index (κ1) is 14.4. The molecule has 1 heterocycles. The van der Waals surface area contributed by atoms with Crippen LogP contribution >= 0.6 is 0 Å². The van der Waals surface area contributed by atoms with E-state index in [1.807, 2.05) is 12.1 Å². The van der Waals surface area contributed by atoms with Crippen LogP contribution in [0.5, 0.6) is 5.75 Å². The number of rotatable bonds is 4. The predicted octanol–water partition coefficient (Wildman–Crippen LogP) is 2.31. The fraction of sp³-hybridized carbons (Fsp3) is 0.625. The molecule has 1 aromatic carbocycles. The average molecular weight is 262 g/mol. The lowest BCUT2D eigenvalue weighted by Crippen LogP contribution is -2.46. The maximum atomic E-state index is 5.19. The van der Waals surface area contributed by atoms with Crippen molar-refractivity contribution in [3.63, 3.8) is 0 Å². The Kier molecular flexibility index (Phi) is 4.83. The molecule has 0 amide bonds. The minimum Gasteiger partial charge on any atom is -0.497 e. The molecule has 0 radical (unpaired) electrons. The van der Waals surface area contributed by atoms with Gasteiger partial charge in [-0.25, -0.2) is 0 Å². The van der Waals surface area contributed by atoms with Crippen LogP contribution in [0.3, 0.4) is 0 Å². The SMILES string of the molecule is COc1ccc(CCN2CCCNC(C)(C)C2)cc1. The number of hydrogen-bond donors (Lipinski definition) is 1. The molecule has 0 saturated carbocycles. The summed E-state index contributed by atoms with van der Waals surface area (Å²) in [5.41, 5.74) is 1.62. The summed E-state index contributed by atoms with van der Waals surface area (Å²) in [6.45, 7) is 9.18. The van der Waals surface area contributed by atoms with Crippen LogP contribution < -0.4 is 10.1 Å². The first-order valence-electron chi connectivity index (χ1n) is 7.19. The minimum absolute atomic E-state index is 0.233. The number of methoxy groups -OCH3 is 1. The molecule has 2 rings (SSSR count). The van der Waals surface area contributed by atoms with Crippen molar-refractivity contribution in [3.05, 3.63) is 29.8 Å². The Hall–Kier alpha value is -1.06. The van der Waals surface area contributed by atoms with Crippen molar-refractivity contribution in [1.82, 2.24) is 10.2 Å². The Morgan fingerprint density at radius 3 is 2.68 bits per heavy atom. The van der Waals surface area contributed by atoms with E-state index < -0.39 is 0 Å². The van der Waals surface area contributed by atoms with E-state index in [1.54, 1.807) is 7.11 Å². The molecule has 1 aliphatic heterocycles. The second-order valence-electron chi connectivity index (χ2n) is 6.04. The molecule has 3 nitrogen and oxygen atoms in total. The summed E-state index contributed by atoms with van der Waals surface area (Å²) in [5.74, 6) is 0.934. The van der Waals surface area contributed by atoms with Gasteiger partial charge in [-0.15, -0.1) is 0 Å². The summed E-state index contributed by atoms with van der Waals surface area (Å²) in [7, 11) is 1.71. The van der Waals surface area contributed by atoms with E-state index >= 15 is 0 Å². The third-order valence-corrected chi connectivity index (χ3v) is 3.75. The second-order valence-corrected chi connectivity index (χ2v) is 6.04. The molecule has 0 atom stereocenters. The summed E-state index contributed by atoms with van der Waals surface area (Å²) >= 11 is 0. The third kappa shape index (κ3) is 4.51. The lowest BCUT2D eigenvalue weighted by molar-refractivity contribution is 0.233. The van der Waals surface area contributed by atoms with Crippen LogP contribution in [0.1, 0.15) is 25.8 Å². The van der Waals surface area contributed by atoms with E-state index in [2.05, 4.69) is 36.2 Å². The number of nitrogens with one attached hydrogen (secondary N) is 1. The van der Waals surface area contributed by atoms with Crippen molar-refractivity contribution < 1.29 is 4.74 Å². The van der Waals surface area contributed by atoms with Crippen LogP contribution in [-0.2, 0) is 6.42 Å². The molecule has 0 bridgehead atoms. The number of nitrogens with zero attached hydrogens (tertiary/aromatic N) is 1. The summed E-state index contributed by atoms with van der Waals surface area (Å²) in [6, 6.07) is 8.42. The van der Waals surface area contributed by atoms with Crippen molar-refractivity contribution in [2.75, 3.05) is 33.3 Å². The zero-order valence-corrected chi connectivity index (χ0v) is 12.4. The molecule has 1 fully saturated rings. The summed E-state index contributed by atoms with van der Waals surface area (Å²) < 4.78 is 5.19. The van der Waals surface area contributed by atoms with Gasteiger partial charge in [-0.3, -0.25) is 0 Å². The highest BCUT2D eigenvalue weighted by Gasteiger charge is 2.23. The van der Waals surface area contributed by atoms with Gasteiger partial charge in [0.1, 0.15) is 5.75 Å². The molecule has 0 spiro atoms. The maximum absolute atomic E-state index is 5.19. The summed E-state index contributed by atoms with van der Waals surface area (Å²) in [4.78, 5) is 2.57. The fourth-order valence-corrected chi connectivity index (χ4v) is 2.69. The molecule has 19 heavy (non-hydrogen) atoms. The topological polar surface area (TPSA) is 24.5 Å². The molecule has 0 aliphatic carbocycles. The van der Waals surface area contributed by atoms with Crippen LogP contribution in [0.15, 0.2) is 24.3 Å². The molecule has 1 aliphatic rings. The highest BCUT2D eigenvalue weighted by molar-refractivity contribution is 5.27. The Balaban J connectivity index is 1.86. The number of ether oxygens (including phenoxy) is 1. The number of benzene rings is 1. The Labute approximate surface area is 116 Å². The fourth-order valence-electron chi connectivity index (χ4n) is 2.69.